The van der Waals surface area contributed by atoms with Crippen LogP contribution in [0.15, 0.2) is 24.3 Å². The summed E-state index contributed by atoms with van der Waals surface area (Å²) in [5, 5.41) is 9.28. The summed E-state index contributed by atoms with van der Waals surface area (Å²) in [6.07, 6.45) is 6.23. The summed E-state index contributed by atoms with van der Waals surface area (Å²) in [4.78, 5) is 5.09. The summed E-state index contributed by atoms with van der Waals surface area (Å²) < 4.78 is 0. The lowest BCUT2D eigenvalue weighted by molar-refractivity contribution is 0.199. The standard InChI is InChI=1S/C19H28N4/c20-10-3-4-16-7-11-23(15-16)18-8-12-22(13-9-18)19-6-2-1-5-17(19)14-21/h1-2,5-6,16,18H,3-4,7-13,15,20H2. The van der Waals surface area contributed by atoms with E-state index in [4.69, 9.17) is 5.73 Å². The SMILES string of the molecule is N#Cc1ccccc1N1CCC(N2CCC(CCCN)C2)CC1. The predicted octanol–water partition coefficient (Wildman–Crippen LogP) is 2.59. The first-order chi connectivity index (χ1) is 11.3. The lowest BCUT2D eigenvalue weighted by Gasteiger charge is -2.38. The van der Waals surface area contributed by atoms with Gasteiger partial charge in [-0.15, -0.1) is 0 Å². The minimum absolute atomic E-state index is 0.725. The van der Waals surface area contributed by atoms with Crippen molar-refractivity contribution in [3.05, 3.63) is 29.8 Å². The van der Waals surface area contributed by atoms with Crippen LogP contribution in [0.1, 0.15) is 37.7 Å². The molecule has 4 heteroatoms. The molecule has 2 aliphatic heterocycles. The number of hydrogen-bond acceptors (Lipinski definition) is 4. The number of nitrogens with two attached hydrogens (primary N) is 1. The molecule has 2 N–H and O–H groups in total. The quantitative estimate of drug-likeness (QED) is 0.908. The highest BCUT2D eigenvalue weighted by Gasteiger charge is 2.30. The smallest absolute Gasteiger partial charge is 0.101 e. The molecule has 0 aromatic heterocycles. The molecule has 3 rings (SSSR count). The van der Waals surface area contributed by atoms with Crippen LogP contribution in [-0.4, -0.2) is 43.7 Å². The van der Waals surface area contributed by atoms with Crippen molar-refractivity contribution in [2.24, 2.45) is 11.7 Å². The Labute approximate surface area is 139 Å². The first-order valence-corrected chi connectivity index (χ1v) is 9.00. The maximum Gasteiger partial charge on any atom is 0.101 e. The van der Waals surface area contributed by atoms with Crippen LogP contribution < -0.4 is 10.6 Å². The molecule has 23 heavy (non-hydrogen) atoms. The molecule has 0 spiro atoms. The summed E-state index contributed by atoms with van der Waals surface area (Å²) >= 11 is 0. The Morgan fingerprint density at radius 2 is 1.91 bits per heavy atom. The summed E-state index contributed by atoms with van der Waals surface area (Å²) in [5.74, 6) is 0.857. The van der Waals surface area contributed by atoms with E-state index in [1.165, 1.54) is 45.2 Å². The van der Waals surface area contributed by atoms with Crippen molar-refractivity contribution in [3.8, 4) is 6.07 Å². The van der Waals surface area contributed by atoms with E-state index < -0.39 is 0 Å². The van der Waals surface area contributed by atoms with Crippen molar-refractivity contribution >= 4 is 5.69 Å². The Morgan fingerprint density at radius 3 is 2.65 bits per heavy atom. The van der Waals surface area contributed by atoms with Crippen molar-refractivity contribution in [3.63, 3.8) is 0 Å². The van der Waals surface area contributed by atoms with Crippen LogP contribution in [0.4, 0.5) is 5.69 Å². The normalized spacial score (nSPS) is 23.1. The minimum atomic E-state index is 0.725. The Hall–Kier alpha value is -1.57. The number of piperidine rings is 1. The van der Waals surface area contributed by atoms with Gasteiger partial charge in [0.1, 0.15) is 6.07 Å². The van der Waals surface area contributed by atoms with Crippen LogP contribution in [0.3, 0.4) is 0 Å². The van der Waals surface area contributed by atoms with Gasteiger partial charge in [0.15, 0.2) is 0 Å². The van der Waals surface area contributed by atoms with Gasteiger partial charge >= 0.3 is 0 Å². The zero-order valence-electron chi connectivity index (χ0n) is 14.0. The molecule has 2 heterocycles. The highest BCUT2D eigenvalue weighted by Crippen LogP contribution is 2.29. The number of nitrogens with zero attached hydrogens (tertiary/aromatic N) is 3. The monoisotopic (exact) mass is 312 g/mol. The number of rotatable bonds is 5. The molecule has 0 amide bonds. The van der Waals surface area contributed by atoms with Crippen LogP contribution in [0.5, 0.6) is 0 Å². The molecular formula is C19H28N4. The summed E-state index contributed by atoms with van der Waals surface area (Å²) in [6.45, 7) is 5.47. The maximum absolute atomic E-state index is 9.28. The molecule has 1 atom stereocenters. The predicted molar refractivity (Wildman–Crippen MR) is 94.4 cm³/mol. The second-order valence-corrected chi connectivity index (χ2v) is 6.93. The molecule has 0 saturated carbocycles. The van der Waals surface area contributed by atoms with E-state index >= 15 is 0 Å². The van der Waals surface area contributed by atoms with E-state index in [0.717, 1.165) is 42.8 Å². The molecule has 1 unspecified atom stereocenters. The van der Waals surface area contributed by atoms with Gasteiger partial charge in [-0.25, -0.2) is 0 Å². The van der Waals surface area contributed by atoms with Gasteiger partial charge in [0.25, 0.3) is 0 Å². The first-order valence-electron chi connectivity index (χ1n) is 9.00. The molecule has 2 fully saturated rings. The number of hydrogen-bond donors (Lipinski definition) is 1. The molecule has 0 radical (unpaired) electrons. The van der Waals surface area contributed by atoms with Crippen molar-refractivity contribution in [1.82, 2.24) is 4.90 Å². The van der Waals surface area contributed by atoms with Gasteiger partial charge in [-0.05, 0) is 63.2 Å². The second-order valence-electron chi connectivity index (χ2n) is 6.93. The van der Waals surface area contributed by atoms with Crippen LogP contribution in [0.25, 0.3) is 0 Å². The third-order valence-corrected chi connectivity index (χ3v) is 5.48. The van der Waals surface area contributed by atoms with Crippen LogP contribution in [-0.2, 0) is 0 Å². The van der Waals surface area contributed by atoms with E-state index in [0.29, 0.717) is 0 Å². The van der Waals surface area contributed by atoms with Crippen LogP contribution in [0, 0.1) is 17.2 Å². The summed E-state index contributed by atoms with van der Waals surface area (Å²) in [6, 6.07) is 11.0. The third kappa shape index (κ3) is 3.85. The van der Waals surface area contributed by atoms with E-state index in [1.54, 1.807) is 0 Å². The maximum atomic E-state index is 9.28. The van der Waals surface area contributed by atoms with Crippen molar-refractivity contribution in [2.75, 3.05) is 37.6 Å². The number of para-hydroxylation sites is 1. The molecular weight excluding hydrogens is 284 g/mol. The average molecular weight is 312 g/mol. The fraction of sp³-hybridized carbons (Fsp3) is 0.632. The Balaban J connectivity index is 1.52. The number of anilines is 1. The van der Waals surface area contributed by atoms with Gasteiger partial charge < -0.3 is 10.6 Å². The van der Waals surface area contributed by atoms with Gasteiger partial charge in [0, 0.05) is 25.7 Å². The molecule has 4 nitrogen and oxygen atoms in total. The zero-order chi connectivity index (χ0) is 16.1. The topological polar surface area (TPSA) is 56.3 Å². The Kier molecular flexibility index (Phi) is 5.53. The lowest BCUT2D eigenvalue weighted by atomic mass is 10.0. The van der Waals surface area contributed by atoms with Gasteiger partial charge in [-0.2, -0.15) is 5.26 Å². The molecule has 2 aliphatic rings. The van der Waals surface area contributed by atoms with E-state index in [2.05, 4.69) is 21.9 Å². The number of benzene rings is 1. The van der Waals surface area contributed by atoms with Crippen molar-refractivity contribution < 1.29 is 0 Å². The Bertz CT molecular complexity index is 543. The lowest BCUT2D eigenvalue weighted by Crippen LogP contribution is -2.44. The van der Waals surface area contributed by atoms with E-state index in [9.17, 15) is 5.26 Å². The fourth-order valence-electron chi connectivity index (χ4n) is 4.15. The molecule has 1 aromatic carbocycles. The highest BCUT2D eigenvalue weighted by atomic mass is 15.2. The second kappa shape index (κ2) is 7.81. The number of likely N-dealkylation sites (tertiary alicyclic amines) is 1. The fourth-order valence-corrected chi connectivity index (χ4v) is 4.15. The van der Waals surface area contributed by atoms with E-state index in [1.807, 2.05) is 18.2 Å². The largest absolute Gasteiger partial charge is 0.370 e. The average Bonchev–Trinajstić information content (AvgIpc) is 3.09. The van der Waals surface area contributed by atoms with Gasteiger partial charge in [0.2, 0.25) is 0 Å². The molecule has 2 saturated heterocycles. The van der Waals surface area contributed by atoms with Crippen LogP contribution >= 0.6 is 0 Å². The highest BCUT2D eigenvalue weighted by molar-refractivity contribution is 5.59. The number of nitriles is 1. The molecule has 1 aromatic rings. The third-order valence-electron chi connectivity index (χ3n) is 5.48. The van der Waals surface area contributed by atoms with Gasteiger partial charge in [-0.1, -0.05) is 12.1 Å². The minimum Gasteiger partial charge on any atom is -0.370 e. The summed E-state index contributed by atoms with van der Waals surface area (Å²) in [5.41, 5.74) is 7.54. The molecule has 0 bridgehead atoms. The zero-order valence-corrected chi connectivity index (χ0v) is 14.0. The van der Waals surface area contributed by atoms with Gasteiger partial charge in [-0.3, -0.25) is 4.90 Å². The Morgan fingerprint density at radius 1 is 1.13 bits per heavy atom. The molecule has 0 aliphatic carbocycles. The van der Waals surface area contributed by atoms with Crippen molar-refractivity contribution in [2.45, 2.75) is 38.1 Å². The van der Waals surface area contributed by atoms with E-state index in [-0.39, 0.29) is 0 Å². The van der Waals surface area contributed by atoms with Crippen LogP contribution in [0.2, 0.25) is 0 Å². The first kappa shape index (κ1) is 16.3. The van der Waals surface area contributed by atoms with Gasteiger partial charge in [0.05, 0.1) is 11.3 Å². The summed E-state index contributed by atoms with van der Waals surface area (Å²) in [7, 11) is 0. The van der Waals surface area contributed by atoms with Crippen molar-refractivity contribution in [1.29, 1.82) is 5.26 Å². The molecule has 124 valence electrons.